The molecular weight excluding hydrogens is 518 g/mol. The van der Waals surface area contributed by atoms with Gasteiger partial charge in [-0.05, 0) is 59.2 Å². The smallest absolute Gasteiger partial charge is 0.410 e. The third-order valence-electron chi connectivity index (χ3n) is 8.16. The van der Waals surface area contributed by atoms with E-state index in [1.54, 1.807) is 4.90 Å². The van der Waals surface area contributed by atoms with Crippen molar-refractivity contribution < 1.29 is 14.3 Å². The molecule has 0 N–H and O–H groups in total. The lowest BCUT2D eigenvalue weighted by atomic mass is 10.0. The fourth-order valence-electron chi connectivity index (χ4n) is 5.99. The summed E-state index contributed by atoms with van der Waals surface area (Å²) >= 11 is 0. The highest BCUT2D eigenvalue weighted by Crippen LogP contribution is 2.31. The van der Waals surface area contributed by atoms with Crippen LogP contribution in [-0.4, -0.2) is 94.8 Å². The zero-order chi connectivity index (χ0) is 29.0. The lowest BCUT2D eigenvalue weighted by molar-refractivity contribution is 0.0144. The summed E-state index contributed by atoms with van der Waals surface area (Å²) in [6.07, 6.45) is 2.98. The van der Waals surface area contributed by atoms with Crippen molar-refractivity contribution in [2.24, 2.45) is 0 Å². The van der Waals surface area contributed by atoms with Gasteiger partial charge in [0.05, 0.1) is 24.2 Å². The molecule has 10 heteroatoms. The van der Waals surface area contributed by atoms with E-state index in [0.29, 0.717) is 38.3 Å². The van der Waals surface area contributed by atoms with Crippen LogP contribution in [0.5, 0.6) is 6.01 Å². The Labute approximate surface area is 243 Å². The first-order valence-corrected chi connectivity index (χ1v) is 14.8. The normalized spacial score (nSPS) is 21.8. The molecule has 2 fully saturated rings. The number of rotatable bonds is 7. The van der Waals surface area contributed by atoms with Crippen LogP contribution in [0.2, 0.25) is 0 Å². The van der Waals surface area contributed by atoms with Gasteiger partial charge in [-0.3, -0.25) is 4.90 Å². The van der Waals surface area contributed by atoms with Crippen molar-refractivity contribution in [3.63, 3.8) is 0 Å². The van der Waals surface area contributed by atoms with Crippen molar-refractivity contribution >= 4 is 11.9 Å². The second-order valence-electron chi connectivity index (χ2n) is 12.4. The van der Waals surface area contributed by atoms with E-state index >= 15 is 0 Å². The van der Waals surface area contributed by atoms with Gasteiger partial charge in [-0.15, -0.1) is 0 Å². The fraction of sp³-hybridized carbons (Fsp3) is 0.613. The number of hydrogen-bond acceptors (Lipinski definition) is 9. The third kappa shape index (κ3) is 7.27. The molecule has 5 rings (SSSR count). The standard InChI is InChI=1S/C31H43N7O3/c1-31(2,3)41-30(39)38-18-17-37(20-24(38)12-14-32)28-26-13-16-36(19-23-9-6-5-7-10-23)21-27(26)33-29(34-28)40-22-25-11-8-15-35(25)4/h5-7,9-10,24-25H,8,11-13,15-22H2,1-4H3. The third-order valence-corrected chi connectivity index (χ3v) is 8.16. The van der Waals surface area contributed by atoms with Gasteiger partial charge in [0.1, 0.15) is 18.0 Å². The molecule has 2 atom stereocenters. The van der Waals surface area contributed by atoms with Gasteiger partial charge < -0.3 is 24.2 Å². The predicted octanol–water partition coefficient (Wildman–Crippen LogP) is 3.85. The van der Waals surface area contributed by atoms with Crippen LogP contribution < -0.4 is 9.64 Å². The maximum atomic E-state index is 13.0. The average Bonchev–Trinajstić information content (AvgIpc) is 3.35. The van der Waals surface area contributed by atoms with Crippen molar-refractivity contribution in [1.29, 1.82) is 5.26 Å². The van der Waals surface area contributed by atoms with Crippen molar-refractivity contribution in [2.45, 2.75) is 77.2 Å². The molecule has 0 radical (unpaired) electrons. The van der Waals surface area contributed by atoms with E-state index in [2.05, 4.69) is 52.1 Å². The number of benzene rings is 1. The van der Waals surface area contributed by atoms with Crippen LogP contribution in [0.4, 0.5) is 10.6 Å². The summed E-state index contributed by atoms with van der Waals surface area (Å²) in [5.41, 5.74) is 2.82. The Balaban J connectivity index is 1.39. The zero-order valence-corrected chi connectivity index (χ0v) is 24.9. The number of ether oxygens (including phenoxy) is 2. The number of likely N-dealkylation sites (N-methyl/N-ethyl adjacent to an activating group) is 1. The minimum absolute atomic E-state index is 0.227. The molecule has 2 unspecified atom stereocenters. The number of piperazine rings is 1. The zero-order valence-electron chi connectivity index (χ0n) is 24.9. The number of hydrogen-bond donors (Lipinski definition) is 0. The Morgan fingerprint density at radius 1 is 1.10 bits per heavy atom. The van der Waals surface area contributed by atoms with Crippen LogP contribution >= 0.6 is 0 Å². The van der Waals surface area contributed by atoms with Gasteiger partial charge in [0.2, 0.25) is 0 Å². The van der Waals surface area contributed by atoms with Gasteiger partial charge in [-0.25, -0.2) is 4.79 Å². The maximum Gasteiger partial charge on any atom is 0.410 e. The number of carbonyl (C=O) groups excluding carboxylic acids is 1. The summed E-state index contributed by atoms with van der Waals surface area (Å²) < 4.78 is 11.9. The van der Waals surface area contributed by atoms with E-state index in [-0.39, 0.29) is 18.6 Å². The van der Waals surface area contributed by atoms with Crippen LogP contribution in [0.3, 0.4) is 0 Å². The summed E-state index contributed by atoms with van der Waals surface area (Å²) in [6.45, 7) is 11.3. The molecule has 0 saturated carbocycles. The first-order chi connectivity index (χ1) is 19.7. The Bertz CT molecular complexity index is 1240. The van der Waals surface area contributed by atoms with Crippen molar-refractivity contribution in [3.8, 4) is 12.1 Å². The molecule has 3 aliphatic heterocycles. The number of nitrogens with zero attached hydrogens (tertiary/aromatic N) is 7. The van der Waals surface area contributed by atoms with Gasteiger partial charge in [0.25, 0.3) is 0 Å². The minimum atomic E-state index is -0.595. The molecular formula is C31H43N7O3. The molecule has 0 aliphatic carbocycles. The van der Waals surface area contributed by atoms with Gasteiger partial charge in [-0.2, -0.15) is 15.2 Å². The second kappa shape index (κ2) is 12.6. The van der Waals surface area contributed by atoms with Crippen molar-refractivity contribution in [2.75, 3.05) is 51.3 Å². The summed E-state index contributed by atoms with van der Waals surface area (Å²) in [5, 5.41) is 9.59. The quantitative estimate of drug-likeness (QED) is 0.499. The van der Waals surface area contributed by atoms with E-state index in [4.69, 9.17) is 19.4 Å². The first-order valence-electron chi connectivity index (χ1n) is 14.8. The molecule has 0 spiro atoms. The molecule has 1 aromatic heterocycles. The minimum Gasteiger partial charge on any atom is -0.462 e. The van der Waals surface area contributed by atoms with Crippen molar-refractivity contribution in [3.05, 3.63) is 47.2 Å². The number of likely N-dealkylation sites (tertiary alicyclic amines) is 1. The van der Waals surface area contributed by atoms with Gasteiger partial charge >= 0.3 is 12.1 Å². The van der Waals surface area contributed by atoms with E-state index in [9.17, 15) is 10.1 Å². The molecule has 1 amide bonds. The molecule has 2 saturated heterocycles. The van der Waals surface area contributed by atoms with Gasteiger partial charge in [0.15, 0.2) is 0 Å². The van der Waals surface area contributed by atoms with Crippen LogP contribution in [0, 0.1) is 11.3 Å². The number of aromatic nitrogens is 2. The van der Waals surface area contributed by atoms with Crippen LogP contribution in [-0.2, 0) is 24.2 Å². The lowest BCUT2D eigenvalue weighted by Gasteiger charge is -2.42. The van der Waals surface area contributed by atoms with E-state index < -0.39 is 5.60 Å². The molecule has 0 bridgehead atoms. The molecule has 1 aromatic carbocycles. The SMILES string of the molecule is CN1CCCC1COc1nc2c(c(N3CCN(C(=O)OC(C)(C)C)C(CC#N)C3)n1)CCN(Cc1ccccc1)C2. The largest absolute Gasteiger partial charge is 0.462 e. The van der Waals surface area contributed by atoms with Crippen LogP contribution in [0.25, 0.3) is 0 Å². The summed E-state index contributed by atoms with van der Waals surface area (Å²) in [4.78, 5) is 31.5. The number of nitriles is 1. The molecule has 3 aliphatic rings. The Kier molecular flexibility index (Phi) is 8.95. The van der Waals surface area contributed by atoms with E-state index in [1.807, 2.05) is 26.8 Å². The summed E-state index contributed by atoms with van der Waals surface area (Å²) in [5.74, 6) is 0.871. The molecule has 10 nitrogen and oxygen atoms in total. The highest BCUT2D eigenvalue weighted by Gasteiger charge is 2.36. The van der Waals surface area contributed by atoms with Gasteiger partial charge in [-0.1, -0.05) is 30.3 Å². The Hall–Kier alpha value is -3.42. The topological polar surface area (TPSA) is 98.1 Å². The number of fused-ring (bicyclic) bond motifs is 1. The molecule has 2 aromatic rings. The molecule has 4 heterocycles. The van der Waals surface area contributed by atoms with Crippen LogP contribution in [0.15, 0.2) is 30.3 Å². The number of amides is 1. The summed E-state index contributed by atoms with van der Waals surface area (Å²) in [6, 6.07) is 13.3. The first kappa shape index (κ1) is 29.1. The number of anilines is 1. The van der Waals surface area contributed by atoms with Crippen molar-refractivity contribution in [1.82, 2.24) is 24.7 Å². The Morgan fingerprint density at radius 2 is 1.90 bits per heavy atom. The maximum absolute atomic E-state index is 13.0. The fourth-order valence-corrected chi connectivity index (χ4v) is 5.99. The second-order valence-corrected chi connectivity index (χ2v) is 12.4. The summed E-state index contributed by atoms with van der Waals surface area (Å²) in [7, 11) is 2.14. The molecule has 220 valence electrons. The van der Waals surface area contributed by atoms with Gasteiger partial charge in [0, 0.05) is 50.9 Å². The molecule has 41 heavy (non-hydrogen) atoms. The average molecular weight is 562 g/mol. The van der Waals surface area contributed by atoms with E-state index in [0.717, 1.165) is 56.1 Å². The predicted molar refractivity (Wildman–Crippen MR) is 157 cm³/mol. The lowest BCUT2D eigenvalue weighted by Crippen LogP contribution is -2.56. The van der Waals surface area contributed by atoms with Crippen LogP contribution in [0.1, 0.15) is 56.9 Å². The monoisotopic (exact) mass is 561 g/mol. The number of carbonyl (C=O) groups is 1. The Morgan fingerprint density at radius 3 is 2.61 bits per heavy atom. The highest BCUT2D eigenvalue weighted by molar-refractivity contribution is 5.69. The van der Waals surface area contributed by atoms with E-state index in [1.165, 1.54) is 12.0 Å². The highest BCUT2D eigenvalue weighted by atomic mass is 16.6.